The first-order valence-electron chi connectivity index (χ1n) is 7.15. The fourth-order valence-corrected chi connectivity index (χ4v) is 2.18. The maximum absolute atomic E-state index is 5.97. The summed E-state index contributed by atoms with van der Waals surface area (Å²) in [5.74, 6) is 2.02. The summed E-state index contributed by atoms with van der Waals surface area (Å²) in [5, 5.41) is 11.0. The second kappa shape index (κ2) is 10.4. The molecular weight excluding hydrogens is 429 g/mol. The molecule has 0 amide bonds. The van der Waals surface area contributed by atoms with Gasteiger partial charge >= 0.3 is 0 Å². The van der Waals surface area contributed by atoms with Crippen LogP contribution in [0.3, 0.4) is 0 Å². The maximum Gasteiger partial charge on any atom is 0.228 e. The Hall–Kier alpha value is -1.35. The molecule has 0 fully saturated rings. The van der Waals surface area contributed by atoms with E-state index < -0.39 is 0 Å². The topological polar surface area (TPSA) is 75.3 Å². The third-order valence-electron chi connectivity index (χ3n) is 3.02. The minimum Gasteiger partial charge on any atom is -0.356 e. The average molecular weight is 450 g/mol. The number of halogens is 2. The van der Waals surface area contributed by atoms with Gasteiger partial charge in [-0.2, -0.15) is 4.98 Å². The molecule has 2 rings (SSSR count). The van der Waals surface area contributed by atoms with Crippen molar-refractivity contribution in [3.8, 4) is 0 Å². The lowest BCUT2D eigenvalue weighted by Gasteiger charge is -2.11. The first-order chi connectivity index (χ1) is 10.7. The van der Waals surface area contributed by atoms with Gasteiger partial charge < -0.3 is 15.2 Å². The van der Waals surface area contributed by atoms with E-state index in [1.54, 1.807) is 14.0 Å². The number of aliphatic imine (C=N–C) groups is 1. The lowest BCUT2D eigenvalue weighted by molar-refractivity contribution is 0.374. The molecule has 1 heterocycles. The SMILES string of the molecule is CN=C(NCCc1cccc(Cl)c1)NCCc1nc(C)no1.I. The lowest BCUT2D eigenvalue weighted by atomic mass is 10.1. The summed E-state index contributed by atoms with van der Waals surface area (Å²) in [7, 11) is 1.74. The summed E-state index contributed by atoms with van der Waals surface area (Å²) in [6.45, 7) is 3.26. The number of nitrogens with one attached hydrogen (secondary N) is 2. The highest BCUT2D eigenvalue weighted by Gasteiger charge is 2.03. The molecule has 8 heteroatoms. The van der Waals surface area contributed by atoms with Crippen molar-refractivity contribution >= 4 is 41.5 Å². The van der Waals surface area contributed by atoms with Crippen LogP contribution < -0.4 is 10.6 Å². The van der Waals surface area contributed by atoms with Crippen LogP contribution in [0.25, 0.3) is 0 Å². The van der Waals surface area contributed by atoms with Gasteiger partial charge in [0, 0.05) is 31.6 Å². The maximum atomic E-state index is 5.97. The molecule has 2 N–H and O–H groups in total. The van der Waals surface area contributed by atoms with E-state index in [1.807, 2.05) is 18.2 Å². The quantitative estimate of drug-likeness (QED) is 0.403. The minimum atomic E-state index is 0. The van der Waals surface area contributed by atoms with E-state index in [1.165, 1.54) is 5.56 Å². The molecule has 1 aromatic heterocycles. The molecule has 0 aliphatic heterocycles. The Bertz CT molecular complexity index is 632. The van der Waals surface area contributed by atoms with E-state index in [4.69, 9.17) is 16.1 Å². The zero-order chi connectivity index (χ0) is 15.8. The molecule has 0 saturated heterocycles. The molecule has 23 heavy (non-hydrogen) atoms. The standard InChI is InChI=1S/C15H20ClN5O.HI/c1-11-20-14(22-21-11)7-9-19-15(17-2)18-8-6-12-4-3-5-13(16)10-12;/h3-5,10H,6-9H2,1-2H3,(H2,17,18,19);1H. The van der Waals surface area contributed by atoms with Crippen LogP contribution in [-0.4, -0.2) is 36.2 Å². The summed E-state index contributed by atoms with van der Waals surface area (Å²) >= 11 is 5.97. The molecule has 0 spiro atoms. The van der Waals surface area contributed by atoms with Crippen molar-refractivity contribution in [3.63, 3.8) is 0 Å². The molecule has 6 nitrogen and oxygen atoms in total. The van der Waals surface area contributed by atoms with E-state index in [2.05, 4.69) is 31.8 Å². The first-order valence-corrected chi connectivity index (χ1v) is 7.53. The van der Waals surface area contributed by atoms with Gasteiger partial charge in [-0.15, -0.1) is 24.0 Å². The molecule has 1 aromatic carbocycles. The van der Waals surface area contributed by atoms with Crippen molar-refractivity contribution in [2.75, 3.05) is 20.1 Å². The summed E-state index contributed by atoms with van der Waals surface area (Å²) < 4.78 is 5.06. The van der Waals surface area contributed by atoms with Crippen LogP contribution in [0.5, 0.6) is 0 Å². The van der Waals surface area contributed by atoms with Gasteiger partial charge in [-0.3, -0.25) is 4.99 Å². The number of aromatic nitrogens is 2. The number of aryl methyl sites for hydroxylation is 1. The number of guanidine groups is 1. The summed E-state index contributed by atoms with van der Waals surface area (Å²) in [6, 6.07) is 7.86. The molecular formula is C15H21ClIN5O. The molecule has 0 atom stereocenters. The van der Waals surface area contributed by atoms with Gasteiger partial charge in [-0.05, 0) is 31.0 Å². The van der Waals surface area contributed by atoms with Gasteiger partial charge in [0.05, 0.1) is 0 Å². The Morgan fingerprint density at radius 1 is 1.26 bits per heavy atom. The van der Waals surface area contributed by atoms with Crippen molar-refractivity contribution in [2.45, 2.75) is 19.8 Å². The molecule has 0 bridgehead atoms. The van der Waals surface area contributed by atoms with Crippen LogP contribution in [0.4, 0.5) is 0 Å². The smallest absolute Gasteiger partial charge is 0.228 e. The van der Waals surface area contributed by atoms with E-state index in [0.29, 0.717) is 24.7 Å². The Kier molecular flexibility index (Phi) is 8.93. The number of hydrogen-bond acceptors (Lipinski definition) is 4. The van der Waals surface area contributed by atoms with E-state index in [-0.39, 0.29) is 24.0 Å². The van der Waals surface area contributed by atoms with Crippen LogP contribution in [0.15, 0.2) is 33.8 Å². The monoisotopic (exact) mass is 449 g/mol. The first kappa shape index (κ1) is 19.7. The van der Waals surface area contributed by atoms with Crippen LogP contribution in [0.2, 0.25) is 5.02 Å². The predicted octanol–water partition coefficient (Wildman–Crippen LogP) is 2.60. The average Bonchev–Trinajstić information content (AvgIpc) is 2.91. The van der Waals surface area contributed by atoms with Crippen molar-refractivity contribution in [3.05, 3.63) is 46.6 Å². The highest BCUT2D eigenvalue weighted by atomic mass is 127. The fourth-order valence-electron chi connectivity index (χ4n) is 1.97. The van der Waals surface area contributed by atoms with Crippen molar-refractivity contribution in [1.82, 2.24) is 20.8 Å². The van der Waals surface area contributed by atoms with Gasteiger partial charge in [0.2, 0.25) is 5.89 Å². The Balaban J connectivity index is 0.00000264. The van der Waals surface area contributed by atoms with Gasteiger partial charge in [0.25, 0.3) is 0 Å². The van der Waals surface area contributed by atoms with Gasteiger partial charge in [-0.25, -0.2) is 0 Å². The van der Waals surface area contributed by atoms with Crippen LogP contribution in [0.1, 0.15) is 17.3 Å². The zero-order valence-corrected chi connectivity index (χ0v) is 16.3. The predicted molar refractivity (Wildman–Crippen MR) is 103 cm³/mol. The van der Waals surface area contributed by atoms with Gasteiger partial charge in [-0.1, -0.05) is 28.9 Å². The Labute approximate surface area is 158 Å². The number of nitrogens with zero attached hydrogens (tertiary/aromatic N) is 3. The number of rotatable bonds is 6. The lowest BCUT2D eigenvalue weighted by Crippen LogP contribution is -2.39. The summed E-state index contributed by atoms with van der Waals surface area (Å²) in [4.78, 5) is 8.33. The second-order valence-electron chi connectivity index (χ2n) is 4.79. The Morgan fingerprint density at radius 3 is 2.61 bits per heavy atom. The van der Waals surface area contributed by atoms with Crippen molar-refractivity contribution in [2.24, 2.45) is 4.99 Å². The summed E-state index contributed by atoms with van der Waals surface area (Å²) in [5.41, 5.74) is 1.19. The Morgan fingerprint density at radius 2 is 2.00 bits per heavy atom. The minimum absolute atomic E-state index is 0. The van der Waals surface area contributed by atoms with Gasteiger partial charge in [0.15, 0.2) is 11.8 Å². The highest BCUT2D eigenvalue weighted by Crippen LogP contribution is 2.10. The van der Waals surface area contributed by atoms with Crippen molar-refractivity contribution < 1.29 is 4.52 Å². The van der Waals surface area contributed by atoms with Gasteiger partial charge in [0.1, 0.15) is 0 Å². The van der Waals surface area contributed by atoms with E-state index in [9.17, 15) is 0 Å². The third kappa shape index (κ3) is 7.17. The fraction of sp³-hybridized carbons (Fsp3) is 0.400. The third-order valence-corrected chi connectivity index (χ3v) is 3.25. The molecule has 126 valence electrons. The van der Waals surface area contributed by atoms with Crippen LogP contribution in [0, 0.1) is 6.92 Å². The molecule has 0 radical (unpaired) electrons. The number of benzene rings is 1. The van der Waals surface area contributed by atoms with Crippen LogP contribution >= 0.6 is 35.6 Å². The molecule has 0 saturated carbocycles. The number of hydrogen-bond donors (Lipinski definition) is 2. The normalized spacial score (nSPS) is 11.0. The van der Waals surface area contributed by atoms with E-state index >= 15 is 0 Å². The van der Waals surface area contributed by atoms with Crippen molar-refractivity contribution in [1.29, 1.82) is 0 Å². The van der Waals surface area contributed by atoms with Crippen LogP contribution in [-0.2, 0) is 12.8 Å². The highest BCUT2D eigenvalue weighted by molar-refractivity contribution is 14.0. The largest absolute Gasteiger partial charge is 0.356 e. The van der Waals surface area contributed by atoms with E-state index in [0.717, 1.165) is 23.9 Å². The second-order valence-corrected chi connectivity index (χ2v) is 5.23. The molecule has 0 aliphatic rings. The summed E-state index contributed by atoms with van der Waals surface area (Å²) in [6.07, 6.45) is 1.54. The molecule has 0 unspecified atom stereocenters. The molecule has 2 aromatic rings. The zero-order valence-electron chi connectivity index (χ0n) is 13.2. The molecule has 0 aliphatic carbocycles.